The molecule has 1 heterocycles. The third kappa shape index (κ3) is 4.85. The van der Waals surface area contributed by atoms with E-state index in [1.54, 1.807) is 0 Å². The minimum Gasteiger partial charge on any atom is -0.444 e. The van der Waals surface area contributed by atoms with Crippen LogP contribution in [-0.2, 0) is 4.74 Å². The SMILES string of the molecule is CC(C)(C)OC(=O)N[C@H]1CCCN(c2ccc(N)cc2)C1. The van der Waals surface area contributed by atoms with Gasteiger partial charge < -0.3 is 20.7 Å². The molecule has 5 nitrogen and oxygen atoms in total. The number of piperidine rings is 1. The number of hydrogen-bond donors (Lipinski definition) is 2. The second-order valence-corrected chi connectivity index (χ2v) is 6.52. The summed E-state index contributed by atoms with van der Waals surface area (Å²) in [5.41, 5.74) is 7.16. The number of nitrogens with one attached hydrogen (secondary N) is 1. The van der Waals surface area contributed by atoms with Crippen LogP contribution in [0, 0.1) is 0 Å². The Bertz CT molecular complexity index is 479. The van der Waals surface area contributed by atoms with Crippen LogP contribution in [0.15, 0.2) is 24.3 Å². The molecule has 1 fully saturated rings. The molecular formula is C16H25N3O2. The molecule has 0 saturated carbocycles. The molecule has 1 saturated heterocycles. The highest BCUT2D eigenvalue weighted by Gasteiger charge is 2.24. The van der Waals surface area contributed by atoms with Crippen LogP contribution < -0.4 is 16.0 Å². The highest BCUT2D eigenvalue weighted by atomic mass is 16.6. The van der Waals surface area contributed by atoms with Crippen molar-refractivity contribution in [2.24, 2.45) is 0 Å². The first-order valence-electron chi connectivity index (χ1n) is 7.43. The van der Waals surface area contributed by atoms with Crippen molar-refractivity contribution in [3.63, 3.8) is 0 Å². The van der Waals surface area contributed by atoms with Crippen molar-refractivity contribution in [3.05, 3.63) is 24.3 Å². The summed E-state index contributed by atoms with van der Waals surface area (Å²) in [6.45, 7) is 7.40. The van der Waals surface area contributed by atoms with Gasteiger partial charge in [-0.25, -0.2) is 4.79 Å². The van der Waals surface area contributed by atoms with Gasteiger partial charge in [0.15, 0.2) is 0 Å². The molecule has 0 aromatic heterocycles. The summed E-state index contributed by atoms with van der Waals surface area (Å²) in [5, 5.41) is 2.96. The normalized spacial score (nSPS) is 19.2. The van der Waals surface area contributed by atoms with Crippen molar-refractivity contribution >= 4 is 17.5 Å². The number of ether oxygens (including phenoxy) is 1. The summed E-state index contributed by atoms with van der Waals surface area (Å²) >= 11 is 0. The van der Waals surface area contributed by atoms with Crippen molar-refractivity contribution < 1.29 is 9.53 Å². The smallest absolute Gasteiger partial charge is 0.407 e. The second kappa shape index (κ2) is 6.24. The molecule has 3 N–H and O–H groups in total. The zero-order valence-electron chi connectivity index (χ0n) is 13.1. The number of nitrogens with two attached hydrogens (primary N) is 1. The van der Waals surface area contributed by atoms with Gasteiger partial charge in [0.05, 0.1) is 0 Å². The number of carbonyl (C=O) groups excluding carboxylic acids is 1. The molecule has 1 aromatic rings. The van der Waals surface area contributed by atoms with E-state index in [2.05, 4.69) is 10.2 Å². The van der Waals surface area contributed by atoms with E-state index in [0.29, 0.717) is 0 Å². The third-order valence-corrected chi connectivity index (χ3v) is 3.40. The Hall–Kier alpha value is -1.91. The number of hydrogen-bond acceptors (Lipinski definition) is 4. The number of benzene rings is 1. The molecule has 1 aromatic carbocycles. The van der Waals surface area contributed by atoms with E-state index < -0.39 is 5.60 Å². The van der Waals surface area contributed by atoms with Crippen LogP contribution in [-0.4, -0.2) is 30.8 Å². The van der Waals surface area contributed by atoms with Gasteiger partial charge in [-0.05, 0) is 57.9 Å². The Morgan fingerprint density at radius 3 is 2.62 bits per heavy atom. The first-order valence-corrected chi connectivity index (χ1v) is 7.43. The van der Waals surface area contributed by atoms with Crippen molar-refractivity contribution in [2.75, 3.05) is 23.7 Å². The van der Waals surface area contributed by atoms with Crippen LogP contribution in [0.4, 0.5) is 16.2 Å². The Kier molecular flexibility index (Phi) is 4.60. The number of nitrogen functional groups attached to an aromatic ring is 1. The summed E-state index contributed by atoms with van der Waals surface area (Å²) in [7, 11) is 0. The van der Waals surface area contributed by atoms with E-state index in [9.17, 15) is 4.79 Å². The molecule has 2 rings (SSSR count). The van der Waals surface area contributed by atoms with E-state index in [-0.39, 0.29) is 12.1 Å². The number of rotatable bonds is 2. The molecule has 116 valence electrons. The first kappa shape index (κ1) is 15.5. The fourth-order valence-electron chi connectivity index (χ4n) is 2.49. The minimum atomic E-state index is -0.463. The van der Waals surface area contributed by atoms with E-state index in [0.717, 1.165) is 37.3 Å². The zero-order valence-corrected chi connectivity index (χ0v) is 13.1. The average molecular weight is 291 g/mol. The van der Waals surface area contributed by atoms with Gasteiger partial charge in [0.2, 0.25) is 0 Å². The van der Waals surface area contributed by atoms with Crippen molar-refractivity contribution in [1.29, 1.82) is 0 Å². The quantitative estimate of drug-likeness (QED) is 0.822. The molecule has 1 atom stereocenters. The van der Waals surface area contributed by atoms with Crippen molar-refractivity contribution in [1.82, 2.24) is 5.32 Å². The lowest BCUT2D eigenvalue weighted by Gasteiger charge is -2.35. The van der Waals surface area contributed by atoms with Crippen LogP contribution >= 0.6 is 0 Å². The van der Waals surface area contributed by atoms with E-state index in [4.69, 9.17) is 10.5 Å². The number of alkyl carbamates (subject to hydrolysis) is 1. The van der Waals surface area contributed by atoms with Gasteiger partial charge in [-0.15, -0.1) is 0 Å². The molecular weight excluding hydrogens is 266 g/mol. The Labute approximate surface area is 126 Å². The minimum absolute atomic E-state index is 0.117. The highest BCUT2D eigenvalue weighted by molar-refractivity contribution is 5.68. The topological polar surface area (TPSA) is 67.6 Å². The fourth-order valence-corrected chi connectivity index (χ4v) is 2.49. The van der Waals surface area contributed by atoms with Crippen LogP contribution in [0.3, 0.4) is 0 Å². The van der Waals surface area contributed by atoms with Gasteiger partial charge in [-0.1, -0.05) is 0 Å². The van der Waals surface area contributed by atoms with Crippen molar-refractivity contribution in [3.8, 4) is 0 Å². The maximum Gasteiger partial charge on any atom is 0.407 e. The van der Waals surface area contributed by atoms with Gasteiger partial charge in [0.25, 0.3) is 0 Å². The summed E-state index contributed by atoms with van der Waals surface area (Å²) in [6, 6.07) is 7.96. The summed E-state index contributed by atoms with van der Waals surface area (Å²) in [6.07, 6.45) is 1.68. The van der Waals surface area contributed by atoms with Gasteiger partial charge in [0.1, 0.15) is 5.60 Å². The predicted octanol–water partition coefficient (Wildman–Crippen LogP) is 2.76. The van der Waals surface area contributed by atoms with Crippen LogP contribution in [0.1, 0.15) is 33.6 Å². The van der Waals surface area contributed by atoms with Crippen LogP contribution in [0.2, 0.25) is 0 Å². The first-order chi connectivity index (χ1) is 9.83. The lowest BCUT2D eigenvalue weighted by molar-refractivity contribution is 0.0500. The van der Waals surface area contributed by atoms with Gasteiger partial charge >= 0.3 is 6.09 Å². The largest absolute Gasteiger partial charge is 0.444 e. The summed E-state index contributed by atoms with van der Waals surface area (Å²) < 4.78 is 5.31. The molecule has 0 unspecified atom stereocenters. The molecule has 0 bridgehead atoms. The Balaban J connectivity index is 1.91. The molecule has 0 aliphatic carbocycles. The maximum atomic E-state index is 11.8. The highest BCUT2D eigenvalue weighted by Crippen LogP contribution is 2.21. The zero-order chi connectivity index (χ0) is 15.5. The Morgan fingerprint density at radius 2 is 2.00 bits per heavy atom. The average Bonchev–Trinajstić information content (AvgIpc) is 2.37. The molecule has 0 spiro atoms. The molecule has 1 aliphatic rings. The maximum absolute atomic E-state index is 11.8. The predicted molar refractivity (Wildman–Crippen MR) is 85.5 cm³/mol. The van der Waals surface area contributed by atoms with Gasteiger partial charge in [-0.3, -0.25) is 0 Å². The number of anilines is 2. The lowest BCUT2D eigenvalue weighted by Crippen LogP contribution is -2.49. The second-order valence-electron chi connectivity index (χ2n) is 6.52. The van der Waals surface area contributed by atoms with Crippen LogP contribution in [0.25, 0.3) is 0 Å². The fraction of sp³-hybridized carbons (Fsp3) is 0.562. The van der Waals surface area contributed by atoms with E-state index in [1.807, 2.05) is 45.0 Å². The van der Waals surface area contributed by atoms with Gasteiger partial charge in [0, 0.05) is 30.5 Å². The molecule has 0 radical (unpaired) electrons. The number of nitrogens with zero attached hydrogens (tertiary/aromatic N) is 1. The van der Waals surface area contributed by atoms with Crippen molar-refractivity contribution in [2.45, 2.75) is 45.3 Å². The lowest BCUT2D eigenvalue weighted by atomic mass is 10.0. The van der Waals surface area contributed by atoms with E-state index in [1.165, 1.54) is 0 Å². The summed E-state index contributed by atoms with van der Waals surface area (Å²) in [4.78, 5) is 14.1. The molecule has 5 heteroatoms. The number of carbonyl (C=O) groups is 1. The van der Waals surface area contributed by atoms with Gasteiger partial charge in [-0.2, -0.15) is 0 Å². The monoisotopic (exact) mass is 291 g/mol. The Morgan fingerprint density at radius 1 is 1.33 bits per heavy atom. The molecule has 21 heavy (non-hydrogen) atoms. The number of amides is 1. The standard InChI is InChI=1S/C16H25N3O2/c1-16(2,3)21-15(20)18-13-5-4-10-19(11-13)14-8-6-12(17)7-9-14/h6-9,13H,4-5,10-11,17H2,1-3H3,(H,18,20)/t13-/m0/s1. The third-order valence-electron chi connectivity index (χ3n) is 3.40. The molecule has 1 amide bonds. The summed E-state index contributed by atoms with van der Waals surface area (Å²) in [5.74, 6) is 0. The van der Waals surface area contributed by atoms with Crippen LogP contribution in [0.5, 0.6) is 0 Å². The van der Waals surface area contributed by atoms with E-state index >= 15 is 0 Å². The molecule has 1 aliphatic heterocycles.